The number of hydrogen-bond donors (Lipinski definition) is 3. The van der Waals surface area contributed by atoms with E-state index in [1.54, 1.807) is 0 Å². The molecule has 1 heterocycles. The minimum absolute atomic E-state index is 0.172. The van der Waals surface area contributed by atoms with E-state index >= 15 is 0 Å². The van der Waals surface area contributed by atoms with E-state index in [0.29, 0.717) is 6.54 Å². The Hall–Kier alpha value is -1.14. The third-order valence-corrected chi connectivity index (χ3v) is 3.97. The van der Waals surface area contributed by atoms with E-state index in [2.05, 4.69) is 12.2 Å². The molecule has 1 aliphatic rings. The maximum absolute atomic E-state index is 11.8. The molecule has 3 unspecified atom stereocenters. The lowest BCUT2D eigenvalue weighted by Gasteiger charge is -2.38. The fraction of sp³-hybridized carbons (Fsp3) is 0.846. The third-order valence-electron chi connectivity index (χ3n) is 3.97. The van der Waals surface area contributed by atoms with E-state index in [1.165, 1.54) is 18.7 Å². The van der Waals surface area contributed by atoms with Gasteiger partial charge in [-0.25, -0.2) is 0 Å². The second kappa shape index (κ2) is 6.34. The fourth-order valence-electron chi connectivity index (χ4n) is 2.80. The van der Waals surface area contributed by atoms with Crippen LogP contribution in [0.15, 0.2) is 0 Å². The van der Waals surface area contributed by atoms with Gasteiger partial charge in [0.25, 0.3) is 0 Å². The van der Waals surface area contributed by atoms with Gasteiger partial charge in [0.2, 0.25) is 11.8 Å². The van der Waals surface area contributed by atoms with E-state index < -0.39 is 18.1 Å². The molecule has 0 aromatic carbocycles. The van der Waals surface area contributed by atoms with Gasteiger partial charge >= 0.3 is 0 Å². The number of nitrogens with one attached hydrogen (secondary N) is 1. The molecule has 0 aliphatic carbocycles. The molecule has 110 valence electrons. The minimum atomic E-state index is -0.975. The summed E-state index contributed by atoms with van der Waals surface area (Å²) in [5.74, 6) is -0.916. The number of carbonyl (C=O) groups is 2. The highest BCUT2D eigenvalue weighted by Gasteiger charge is 2.39. The van der Waals surface area contributed by atoms with Gasteiger partial charge in [0, 0.05) is 19.0 Å². The normalized spacial score (nSPS) is 25.9. The fourth-order valence-corrected chi connectivity index (χ4v) is 2.80. The number of nitrogens with two attached hydrogens (primary N) is 1. The van der Waals surface area contributed by atoms with E-state index in [9.17, 15) is 14.7 Å². The quantitative estimate of drug-likeness (QED) is 0.612. The van der Waals surface area contributed by atoms with Crippen molar-refractivity contribution in [3.05, 3.63) is 0 Å². The Balaban J connectivity index is 2.93. The Morgan fingerprint density at radius 1 is 1.53 bits per heavy atom. The van der Waals surface area contributed by atoms with Crippen LogP contribution in [0.1, 0.15) is 40.0 Å². The average molecular weight is 271 g/mol. The number of amides is 2. The first kappa shape index (κ1) is 15.9. The molecule has 6 heteroatoms. The lowest BCUT2D eigenvalue weighted by molar-refractivity contribution is -0.142. The summed E-state index contributed by atoms with van der Waals surface area (Å²) in [6.07, 6.45) is 1.90. The summed E-state index contributed by atoms with van der Waals surface area (Å²) in [5.41, 5.74) is 5.15. The van der Waals surface area contributed by atoms with Gasteiger partial charge in [-0.15, -0.1) is 0 Å². The van der Waals surface area contributed by atoms with Crippen LogP contribution in [-0.2, 0) is 9.59 Å². The van der Waals surface area contributed by atoms with Gasteiger partial charge < -0.3 is 21.1 Å². The summed E-state index contributed by atoms with van der Waals surface area (Å²) in [7, 11) is 0. The van der Waals surface area contributed by atoms with E-state index in [-0.39, 0.29) is 11.4 Å². The number of aliphatic hydroxyl groups excluding tert-OH is 1. The van der Waals surface area contributed by atoms with Gasteiger partial charge in [-0.3, -0.25) is 9.59 Å². The number of aliphatic hydroxyl groups is 1. The highest BCUT2D eigenvalue weighted by Crippen LogP contribution is 2.25. The summed E-state index contributed by atoms with van der Waals surface area (Å²) < 4.78 is 0. The van der Waals surface area contributed by atoms with E-state index in [1.807, 2.05) is 0 Å². The number of rotatable bonds is 6. The van der Waals surface area contributed by atoms with Crippen molar-refractivity contribution in [2.75, 3.05) is 13.1 Å². The zero-order valence-corrected chi connectivity index (χ0v) is 12.0. The Labute approximate surface area is 114 Å². The summed E-state index contributed by atoms with van der Waals surface area (Å²) in [4.78, 5) is 24.7. The third kappa shape index (κ3) is 3.67. The number of carbonyl (C=O) groups excluding carboxylic acids is 2. The minimum Gasteiger partial charge on any atom is -0.391 e. The monoisotopic (exact) mass is 271 g/mol. The Morgan fingerprint density at radius 3 is 2.47 bits per heavy atom. The molecule has 1 fully saturated rings. The van der Waals surface area contributed by atoms with Crippen LogP contribution >= 0.6 is 0 Å². The van der Waals surface area contributed by atoms with Crippen LogP contribution in [0.5, 0.6) is 0 Å². The molecular formula is C13H25N3O3. The van der Waals surface area contributed by atoms with Crippen LogP contribution in [0.2, 0.25) is 0 Å². The van der Waals surface area contributed by atoms with Crippen molar-refractivity contribution in [1.82, 2.24) is 10.2 Å². The van der Waals surface area contributed by atoms with Crippen molar-refractivity contribution < 1.29 is 14.7 Å². The molecule has 4 N–H and O–H groups in total. The van der Waals surface area contributed by atoms with Crippen LogP contribution in [0.25, 0.3) is 0 Å². The smallest absolute Gasteiger partial charge is 0.242 e. The highest BCUT2D eigenvalue weighted by atomic mass is 16.3. The first-order chi connectivity index (χ1) is 8.83. The Kier molecular flexibility index (Phi) is 5.31. The van der Waals surface area contributed by atoms with Crippen LogP contribution < -0.4 is 11.1 Å². The molecule has 0 spiro atoms. The molecule has 1 saturated heterocycles. The summed E-state index contributed by atoms with van der Waals surface area (Å²) in [6, 6.07) is -0.969. The second-order valence-corrected chi connectivity index (χ2v) is 5.40. The van der Waals surface area contributed by atoms with Gasteiger partial charge in [-0.1, -0.05) is 6.92 Å². The molecule has 19 heavy (non-hydrogen) atoms. The van der Waals surface area contributed by atoms with Crippen LogP contribution in [-0.4, -0.2) is 52.6 Å². The molecular weight excluding hydrogens is 246 g/mol. The largest absolute Gasteiger partial charge is 0.391 e. The first-order valence-corrected chi connectivity index (χ1v) is 6.82. The predicted molar refractivity (Wildman–Crippen MR) is 72.3 cm³/mol. The van der Waals surface area contributed by atoms with Crippen LogP contribution in [0.3, 0.4) is 0 Å². The van der Waals surface area contributed by atoms with Crippen molar-refractivity contribution in [2.45, 2.75) is 57.7 Å². The van der Waals surface area contributed by atoms with Gasteiger partial charge in [0.1, 0.15) is 6.04 Å². The molecule has 3 atom stereocenters. The van der Waals surface area contributed by atoms with Crippen molar-refractivity contribution in [2.24, 2.45) is 5.73 Å². The topological polar surface area (TPSA) is 95.7 Å². The molecule has 0 bridgehead atoms. The number of nitrogens with zero attached hydrogens (tertiary/aromatic N) is 1. The zero-order chi connectivity index (χ0) is 14.6. The summed E-state index contributed by atoms with van der Waals surface area (Å²) in [5, 5.41) is 13.1. The van der Waals surface area contributed by atoms with Crippen molar-refractivity contribution in [1.29, 1.82) is 0 Å². The van der Waals surface area contributed by atoms with Gasteiger partial charge in [-0.2, -0.15) is 0 Å². The molecule has 0 saturated carbocycles. The van der Waals surface area contributed by atoms with Gasteiger partial charge in [0.15, 0.2) is 0 Å². The molecule has 1 rings (SSSR count). The van der Waals surface area contributed by atoms with Crippen molar-refractivity contribution >= 4 is 11.8 Å². The maximum Gasteiger partial charge on any atom is 0.242 e. The molecule has 2 amide bonds. The first-order valence-electron chi connectivity index (χ1n) is 6.82. The molecule has 0 aromatic heterocycles. The standard InChI is InChI=1S/C13H25N3O3/c1-4-13(6-5-7-15-13)8-16(10(3)18)11(9(2)17)12(14)19/h9,11,15,17H,4-8H2,1-3H3,(H2,14,19). The lowest BCUT2D eigenvalue weighted by atomic mass is 9.92. The number of primary amides is 1. The Morgan fingerprint density at radius 2 is 2.16 bits per heavy atom. The summed E-state index contributed by atoms with van der Waals surface area (Å²) >= 11 is 0. The molecule has 6 nitrogen and oxygen atoms in total. The highest BCUT2D eigenvalue weighted by molar-refractivity contribution is 5.86. The second-order valence-electron chi connectivity index (χ2n) is 5.40. The van der Waals surface area contributed by atoms with E-state index in [0.717, 1.165) is 25.8 Å². The van der Waals surface area contributed by atoms with Gasteiger partial charge in [-0.05, 0) is 32.7 Å². The predicted octanol–water partition coefficient (Wildman–Crippen LogP) is -0.398. The SMILES string of the molecule is CCC1(CN(C(C)=O)C(C(N)=O)C(C)O)CCCN1. The molecule has 0 aromatic rings. The molecule has 0 radical (unpaired) electrons. The van der Waals surface area contributed by atoms with E-state index in [4.69, 9.17) is 5.73 Å². The van der Waals surface area contributed by atoms with Crippen LogP contribution in [0, 0.1) is 0 Å². The summed E-state index contributed by atoms with van der Waals surface area (Å²) in [6.45, 7) is 6.24. The lowest BCUT2D eigenvalue weighted by Crippen LogP contribution is -2.59. The number of hydrogen-bond acceptors (Lipinski definition) is 4. The average Bonchev–Trinajstić information content (AvgIpc) is 2.76. The van der Waals surface area contributed by atoms with Gasteiger partial charge in [0.05, 0.1) is 6.10 Å². The Bertz CT molecular complexity index is 338. The molecule has 1 aliphatic heterocycles. The van der Waals surface area contributed by atoms with Crippen molar-refractivity contribution in [3.8, 4) is 0 Å². The zero-order valence-electron chi connectivity index (χ0n) is 12.0. The van der Waals surface area contributed by atoms with Crippen LogP contribution in [0.4, 0.5) is 0 Å². The van der Waals surface area contributed by atoms with Crippen molar-refractivity contribution in [3.63, 3.8) is 0 Å². The maximum atomic E-state index is 11.8.